The molecule has 66 valence electrons. The van der Waals surface area contributed by atoms with Crippen LogP contribution in [-0.2, 0) is 6.42 Å². The molecule has 0 radical (unpaired) electrons. The summed E-state index contributed by atoms with van der Waals surface area (Å²) in [6.07, 6.45) is 2.32. The molecule has 1 aromatic carbocycles. The molecule has 0 bridgehead atoms. The van der Waals surface area contributed by atoms with Crippen LogP contribution in [0, 0.1) is 0 Å². The van der Waals surface area contributed by atoms with Crippen molar-refractivity contribution in [1.29, 1.82) is 0 Å². The first kappa shape index (κ1) is 7.79. The maximum atomic E-state index is 11.0. The molecule has 13 heavy (non-hydrogen) atoms. The Morgan fingerprint density at radius 1 is 1.54 bits per heavy atom. The van der Waals surface area contributed by atoms with Gasteiger partial charge in [-0.3, -0.25) is 4.79 Å². The van der Waals surface area contributed by atoms with Gasteiger partial charge in [0.15, 0.2) is 5.75 Å². The zero-order chi connectivity index (χ0) is 9.26. The normalized spacial score (nSPS) is 13.2. The van der Waals surface area contributed by atoms with Crippen LogP contribution >= 0.6 is 0 Å². The highest BCUT2D eigenvalue weighted by molar-refractivity contribution is 5.96. The first-order valence-corrected chi connectivity index (χ1v) is 3.89. The third kappa shape index (κ3) is 1.26. The number of oxime groups is 1. The second kappa shape index (κ2) is 2.90. The highest BCUT2D eigenvalue weighted by atomic mass is 16.6. The summed E-state index contributed by atoms with van der Waals surface area (Å²) < 4.78 is 0. The van der Waals surface area contributed by atoms with Gasteiger partial charge in [0, 0.05) is 18.2 Å². The Labute approximate surface area is 75.0 Å². The van der Waals surface area contributed by atoms with Crippen LogP contribution in [0.3, 0.4) is 0 Å². The van der Waals surface area contributed by atoms with E-state index in [1.807, 2.05) is 6.07 Å². The van der Waals surface area contributed by atoms with Crippen LogP contribution in [0.5, 0.6) is 5.75 Å². The third-order valence-electron chi connectivity index (χ3n) is 1.89. The fourth-order valence-electron chi connectivity index (χ4n) is 1.27. The lowest BCUT2D eigenvalue weighted by Gasteiger charge is -2.11. The van der Waals surface area contributed by atoms with Crippen molar-refractivity contribution in [2.45, 2.75) is 6.42 Å². The molecule has 0 aliphatic carbocycles. The van der Waals surface area contributed by atoms with Crippen LogP contribution in [0.1, 0.15) is 15.9 Å². The first-order chi connectivity index (χ1) is 6.29. The highest BCUT2D eigenvalue weighted by Crippen LogP contribution is 2.26. The molecular weight excluding hydrogens is 168 g/mol. The number of benzene rings is 1. The number of para-hydroxylation sites is 1. The molecule has 0 fully saturated rings. The van der Waals surface area contributed by atoms with Crippen LogP contribution in [0.15, 0.2) is 23.4 Å². The number of hydrogen-bond donors (Lipinski definition) is 1. The van der Waals surface area contributed by atoms with Gasteiger partial charge in [-0.1, -0.05) is 17.3 Å². The lowest BCUT2D eigenvalue weighted by molar-refractivity contribution is 0.0996. The van der Waals surface area contributed by atoms with E-state index in [9.17, 15) is 4.79 Å². The Morgan fingerprint density at radius 3 is 3.15 bits per heavy atom. The van der Waals surface area contributed by atoms with Crippen molar-refractivity contribution < 1.29 is 9.63 Å². The van der Waals surface area contributed by atoms with Crippen molar-refractivity contribution in [2.75, 3.05) is 0 Å². The summed E-state index contributed by atoms with van der Waals surface area (Å²) in [4.78, 5) is 15.9. The number of nitrogens with zero attached hydrogens (tertiary/aromatic N) is 1. The zero-order valence-electron chi connectivity index (χ0n) is 6.86. The van der Waals surface area contributed by atoms with E-state index in [1.165, 1.54) is 0 Å². The molecule has 0 spiro atoms. The Morgan fingerprint density at radius 2 is 2.38 bits per heavy atom. The number of fused-ring (bicyclic) bond motifs is 1. The van der Waals surface area contributed by atoms with Gasteiger partial charge in [-0.25, -0.2) is 0 Å². The Balaban J connectivity index is 2.55. The molecule has 0 unspecified atom stereocenters. The summed E-state index contributed by atoms with van der Waals surface area (Å²) >= 11 is 0. The second-order valence-corrected chi connectivity index (χ2v) is 2.74. The van der Waals surface area contributed by atoms with Gasteiger partial charge in [0.1, 0.15) is 0 Å². The zero-order valence-corrected chi connectivity index (χ0v) is 6.86. The fraction of sp³-hybridized carbons (Fsp3) is 0.111. The minimum atomic E-state index is -0.492. The molecule has 1 aliphatic heterocycles. The molecule has 1 aliphatic rings. The molecule has 2 rings (SSSR count). The van der Waals surface area contributed by atoms with Crippen molar-refractivity contribution in [2.24, 2.45) is 10.9 Å². The topological polar surface area (TPSA) is 64.7 Å². The van der Waals surface area contributed by atoms with Crippen molar-refractivity contribution >= 4 is 12.1 Å². The quantitative estimate of drug-likeness (QED) is 0.684. The van der Waals surface area contributed by atoms with Gasteiger partial charge in [-0.05, 0) is 6.07 Å². The van der Waals surface area contributed by atoms with Gasteiger partial charge < -0.3 is 10.6 Å². The Bertz CT molecular complexity index is 385. The Kier molecular flexibility index (Phi) is 1.73. The highest BCUT2D eigenvalue weighted by Gasteiger charge is 2.15. The van der Waals surface area contributed by atoms with E-state index in [0.717, 1.165) is 5.56 Å². The summed E-state index contributed by atoms with van der Waals surface area (Å²) in [5, 5.41) is 3.63. The van der Waals surface area contributed by atoms with Crippen LogP contribution in [-0.4, -0.2) is 12.1 Å². The molecule has 2 N–H and O–H groups in total. The fourth-order valence-corrected chi connectivity index (χ4v) is 1.27. The van der Waals surface area contributed by atoms with E-state index < -0.39 is 5.91 Å². The lowest BCUT2D eigenvalue weighted by Crippen LogP contribution is -2.14. The van der Waals surface area contributed by atoms with Crippen molar-refractivity contribution in [3.63, 3.8) is 0 Å². The van der Waals surface area contributed by atoms with Gasteiger partial charge in [-0.15, -0.1) is 0 Å². The molecule has 0 saturated carbocycles. The van der Waals surface area contributed by atoms with Crippen molar-refractivity contribution in [3.05, 3.63) is 29.3 Å². The number of rotatable bonds is 1. The minimum absolute atomic E-state index is 0.384. The summed E-state index contributed by atoms with van der Waals surface area (Å²) in [7, 11) is 0. The molecule has 4 nitrogen and oxygen atoms in total. The summed E-state index contributed by atoms with van der Waals surface area (Å²) in [5.41, 5.74) is 6.49. The van der Waals surface area contributed by atoms with E-state index in [2.05, 4.69) is 5.16 Å². The van der Waals surface area contributed by atoms with Crippen molar-refractivity contribution in [1.82, 2.24) is 0 Å². The number of carbonyl (C=O) groups is 1. The number of hydrogen-bond acceptors (Lipinski definition) is 3. The summed E-state index contributed by atoms with van der Waals surface area (Å²) in [6.45, 7) is 0. The van der Waals surface area contributed by atoms with Gasteiger partial charge in [-0.2, -0.15) is 0 Å². The first-order valence-electron chi connectivity index (χ1n) is 3.89. The van der Waals surface area contributed by atoms with E-state index in [4.69, 9.17) is 10.6 Å². The minimum Gasteiger partial charge on any atom is -0.365 e. The number of primary amides is 1. The molecule has 4 heteroatoms. The van der Waals surface area contributed by atoms with Crippen LogP contribution in [0.2, 0.25) is 0 Å². The monoisotopic (exact) mass is 176 g/mol. The number of nitrogens with two attached hydrogens (primary N) is 1. The molecule has 0 saturated heterocycles. The van der Waals surface area contributed by atoms with Gasteiger partial charge >= 0.3 is 0 Å². The van der Waals surface area contributed by atoms with Gasteiger partial charge in [0.05, 0.1) is 5.56 Å². The van der Waals surface area contributed by atoms with Gasteiger partial charge in [0.25, 0.3) is 5.91 Å². The Hall–Kier alpha value is -1.84. The van der Waals surface area contributed by atoms with E-state index in [0.29, 0.717) is 17.7 Å². The SMILES string of the molecule is NC(=O)c1cccc2c1ON=CC2. The average Bonchev–Trinajstić information content (AvgIpc) is 2.17. The average molecular weight is 176 g/mol. The van der Waals surface area contributed by atoms with E-state index in [1.54, 1.807) is 18.3 Å². The predicted octanol–water partition coefficient (Wildman–Crippen LogP) is 0.706. The lowest BCUT2D eigenvalue weighted by atomic mass is 10.1. The van der Waals surface area contributed by atoms with Crippen LogP contribution in [0.25, 0.3) is 0 Å². The molecule has 1 amide bonds. The summed E-state index contributed by atoms with van der Waals surface area (Å²) in [6, 6.07) is 5.29. The standard InChI is InChI=1S/C9H8N2O2/c10-9(12)7-3-1-2-6-4-5-11-13-8(6)7/h1-3,5H,4H2,(H2,10,12). The molecule has 1 aromatic rings. The summed E-state index contributed by atoms with van der Waals surface area (Å²) in [5.74, 6) is -0.00792. The molecular formula is C9H8N2O2. The number of carbonyl (C=O) groups excluding carboxylic acids is 1. The van der Waals surface area contributed by atoms with Gasteiger partial charge in [0.2, 0.25) is 0 Å². The maximum Gasteiger partial charge on any atom is 0.252 e. The second-order valence-electron chi connectivity index (χ2n) is 2.74. The molecule has 0 atom stereocenters. The van der Waals surface area contributed by atoms with Crippen molar-refractivity contribution in [3.8, 4) is 5.75 Å². The number of amides is 1. The van der Waals surface area contributed by atoms with E-state index in [-0.39, 0.29) is 0 Å². The largest absolute Gasteiger partial charge is 0.365 e. The molecule has 1 heterocycles. The predicted molar refractivity (Wildman–Crippen MR) is 47.8 cm³/mol. The maximum absolute atomic E-state index is 11.0. The van der Waals surface area contributed by atoms with Crippen LogP contribution < -0.4 is 10.6 Å². The molecule has 0 aromatic heterocycles. The van der Waals surface area contributed by atoms with Crippen LogP contribution in [0.4, 0.5) is 0 Å². The van der Waals surface area contributed by atoms with E-state index >= 15 is 0 Å². The smallest absolute Gasteiger partial charge is 0.252 e. The third-order valence-corrected chi connectivity index (χ3v) is 1.89.